The molecule has 4 heteroatoms. The van der Waals surface area contributed by atoms with Crippen molar-refractivity contribution in [3.05, 3.63) is 20.8 Å². The van der Waals surface area contributed by atoms with Crippen LogP contribution < -0.4 is 5.32 Å². The van der Waals surface area contributed by atoms with Gasteiger partial charge in [-0.3, -0.25) is 4.90 Å². The Kier molecular flexibility index (Phi) is 4.39. The van der Waals surface area contributed by atoms with E-state index in [1.54, 1.807) is 0 Å². The summed E-state index contributed by atoms with van der Waals surface area (Å²) >= 11 is 5.41. The van der Waals surface area contributed by atoms with E-state index in [1.165, 1.54) is 54.0 Å². The van der Waals surface area contributed by atoms with Crippen molar-refractivity contribution in [2.24, 2.45) is 5.92 Å². The lowest BCUT2D eigenvalue weighted by atomic mass is 9.97. The van der Waals surface area contributed by atoms with Crippen molar-refractivity contribution in [2.45, 2.75) is 38.3 Å². The molecule has 0 bridgehead atoms. The predicted octanol–water partition coefficient (Wildman–Crippen LogP) is 3.47. The highest BCUT2D eigenvalue weighted by atomic mass is 79.9. The van der Waals surface area contributed by atoms with E-state index >= 15 is 0 Å². The van der Waals surface area contributed by atoms with Crippen LogP contribution in [0.3, 0.4) is 0 Å². The zero-order chi connectivity index (χ0) is 12.4. The van der Waals surface area contributed by atoms with Gasteiger partial charge in [0.15, 0.2) is 0 Å². The number of hydrogen-bond acceptors (Lipinski definition) is 3. The summed E-state index contributed by atoms with van der Waals surface area (Å²) in [5, 5.41) is 3.67. The van der Waals surface area contributed by atoms with Gasteiger partial charge in [-0.25, -0.2) is 0 Å². The Bertz CT molecular complexity index is 381. The number of piperidine rings is 1. The van der Waals surface area contributed by atoms with E-state index in [0.717, 1.165) is 18.5 Å². The second-order valence-electron chi connectivity index (χ2n) is 5.61. The van der Waals surface area contributed by atoms with Gasteiger partial charge < -0.3 is 5.32 Å². The maximum atomic E-state index is 3.67. The van der Waals surface area contributed by atoms with Crippen molar-refractivity contribution in [1.29, 1.82) is 0 Å². The zero-order valence-electron chi connectivity index (χ0n) is 10.7. The van der Waals surface area contributed by atoms with Crippen LogP contribution in [0.1, 0.15) is 30.6 Å². The average molecular weight is 329 g/mol. The molecule has 1 aromatic rings. The molecule has 2 heterocycles. The van der Waals surface area contributed by atoms with Crippen LogP contribution in [0.25, 0.3) is 0 Å². The van der Waals surface area contributed by atoms with Gasteiger partial charge in [0.2, 0.25) is 0 Å². The fraction of sp³-hybridized carbons (Fsp3) is 0.714. The molecule has 3 rings (SSSR count). The van der Waals surface area contributed by atoms with Crippen LogP contribution in [0.15, 0.2) is 15.9 Å². The number of thiophene rings is 1. The highest BCUT2D eigenvalue weighted by Crippen LogP contribution is 2.26. The third-order valence-corrected chi connectivity index (χ3v) is 5.60. The van der Waals surface area contributed by atoms with Gasteiger partial charge in [-0.15, -0.1) is 11.3 Å². The molecule has 0 atom stereocenters. The predicted molar refractivity (Wildman–Crippen MR) is 81.0 cm³/mol. The Morgan fingerprint density at radius 3 is 2.61 bits per heavy atom. The van der Waals surface area contributed by atoms with Crippen molar-refractivity contribution in [1.82, 2.24) is 10.2 Å². The highest BCUT2D eigenvalue weighted by Gasteiger charge is 2.24. The zero-order valence-corrected chi connectivity index (χ0v) is 13.1. The Balaban J connectivity index is 1.39. The first-order chi connectivity index (χ1) is 8.79. The molecule has 0 spiro atoms. The molecular weight excluding hydrogens is 308 g/mol. The van der Waals surface area contributed by atoms with Crippen molar-refractivity contribution in [3.63, 3.8) is 0 Å². The van der Waals surface area contributed by atoms with E-state index in [2.05, 4.69) is 38.3 Å². The fourth-order valence-corrected chi connectivity index (χ4v) is 4.15. The van der Waals surface area contributed by atoms with E-state index < -0.39 is 0 Å². The molecule has 1 saturated carbocycles. The van der Waals surface area contributed by atoms with Crippen LogP contribution in [-0.2, 0) is 6.54 Å². The minimum absolute atomic E-state index is 0.867. The lowest BCUT2D eigenvalue weighted by Gasteiger charge is -2.31. The molecule has 0 aromatic carbocycles. The third kappa shape index (κ3) is 3.80. The van der Waals surface area contributed by atoms with Crippen molar-refractivity contribution < 1.29 is 0 Å². The largest absolute Gasteiger partial charge is 0.314 e. The van der Waals surface area contributed by atoms with Crippen molar-refractivity contribution in [2.75, 3.05) is 19.6 Å². The molecule has 1 saturated heterocycles. The monoisotopic (exact) mass is 328 g/mol. The SMILES string of the molecule is Brc1ccc(CN2CCC(CNC3CC3)CC2)s1. The normalized spacial score (nSPS) is 22.5. The first kappa shape index (κ1) is 13.1. The lowest BCUT2D eigenvalue weighted by molar-refractivity contribution is 0.176. The number of likely N-dealkylation sites (tertiary alicyclic amines) is 1. The number of nitrogens with zero attached hydrogens (tertiary/aromatic N) is 1. The molecule has 1 aliphatic heterocycles. The van der Waals surface area contributed by atoms with Crippen LogP contribution >= 0.6 is 27.3 Å². The Morgan fingerprint density at radius 2 is 2.00 bits per heavy atom. The second-order valence-corrected chi connectivity index (χ2v) is 8.16. The van der Waals surface area contributed by atoms with E-state index in [-0.39, 0.29) is 0 Å². The number of rotatable bonds is 5. The Morgan fingerprint density at radius 1 is 1.22 bits per heavy atom. The summed E-state index contributed by atoms with van der Waals surface area (Å²) < 4.78 is 1.25. The Labute approximate surface area is 122 Å². The first-order valence-electron chi connectivity index (χ1n) is 6.99. The summed E-state index contributed by atoms with van der Waals surface area (Å²) in [6.45, 7) is 4.93. The van der Waals surface area contributed by atoms with E-state index in [0.29, 0.717) is 0 Å². The number of halogens is 1. The van der Waals surface area contributed by atoms with Crippen LogP contribution in [0.2, 0.25) is 0 Å². The van der Waals surface area contributed by atoms with E-state index in [9.17, 15) is 0 Å². The van der Waals surface area contributed by atoms with Crippen LogP contribution in [0.4, 0.5) is 0 Å². The van der Waals surface area contributed by atoms with Gasteiger partial charge in [-0.2, -0.15) is 0 Å². The molecule has 2 fully saturated rings. The Hall–Kier alpha value is 0.1000. The van der Waals surface area contributed by atoms with E-state index in [4.69, 9.17) is 0 Å². The summed E-state index contributed by atoms with van der Waals surface area (Å²) in [6, 6.07) is 5.27. The molecule has 1 aliphatic carbocycles. The molecule has 2 aliphatic rings. The van der Waals surface area contributed by atoms with Gasteiger partial charge in [-0.1, -0.05) is 0 Å². The summed E-state index contributed by atoms with van der Waals surface area (Å²) in [4.78, 5) is 4.09. The summed E-state index contributed by atoms with van der Waals surface area (Å²) in [6.07, 6.45) is 5.55. The number of hydrogen-bond donors (Lipinski definition) is 1. The van der Waals surface area contributed by atoms with Gasteiger partial charge >= 0.3 is 0 Å². The quantitative estimate of drug-likeness (QED) is 0.890. The molecule has 1 N–H and O–H groups in total. The summed E-state index contributed by atoms with van der Waals surface area (Å²) in [7, 11) is 0. The first-order valence-corrected chi connectivity index (χ1v) is 8.60. The average Bonchev–Trinajstić information content (AvgIpc) is 3.12. The summed E-state index contributed by atoms with van der Waals surface area (Å²) in [5.74, 6) is 0.914. The molecular formula is C14H21BrN2S. The number of nitrogens with one attached hydrogen (secondary N) is 1. The van der Waals surface area contributed by atoms with Crippen molar-refractivity contribution >= 4 is 27.3 Å². The molecule has 2 nitrogen and oxygen atoms in total. The third-order valence-electron chi connectivity index (χ3n) is 3.99. The molecule has 0 unspecified atom stereocenters. The highest BCUT2D eigenvalue weighted by molar-refractivity contribution is 9.11. The topological polar surface area (TPSA) is 15.3 Å². The minimum atomic E-state index is 0.867. The van der Waals surface area contributed by atoms with Crippen LogP contribution in [-0.4, -0.2) is 30.6 Å². The molecule has 1 aromatic heterocycles. The van der Waals surface area contributed by atoms with Gasteiger partial charge in [0.05, 0.1) is 3.79 Å². The maximum absolute atomic E-state index is 3.67. The van der Waals surface area contributed by atoms with Gasteiger partial charge in [0.25, 0.3) is 0 Å². The van der Waals surface area contributed by atoms with Crippen LogP contribution in [0.5, 0.6) is 0 Å². The molecule has 18 heavy (non-hydrogen) atoms. The minimum Gasteiger partial charge on any atom is -0.314 e. The van der Waals surface area contributed by atoms with Crippen LogP contribution in [0, 0.1) is 5.92 Å². The molecule has 0 amide bonds. The molecule has 100 valence electrons. The molecule has 0 radical (unpaired) electrons. The maximum Gasteiger partial charge on any atom is 0.0701 e. The second kappa shape index (κ2) is 6.04. The van der Waals surface area contributed by atoms with Crippen molar-refractivity contribution in [3.8, 4) is 0 Å². The fourth-order valence-electron chi connectivity index (χ4n) is 2.63. The van der Waals surface area contributed by atoms with Gasteiger partial charge in [-0.05, 0) is 79.3 Å². The van der Waals surface area contributed by atoms with Gasteiger partial charge in [0.1, 0.15) is 0 Å². The lowest BCUT2D eigenvalue weighted by Crippen LogP contribution is -2.37. The summed E-state index contributed by atoms with van der Waals surface area (Å²) in [5.41, 5.74) is 0. The smallest absolute Gasteiger partial charge is 0.0701 e. The van der Waals surface area contributed by atoms with E-state index in [1.807, 2.05) is 11.3 Å². The standard InChI is InChI=1S/C14H21BrN2S/c15-14-4-3-13(18-14)10-17-7-5-11(6-8-17)9-16-12-1-2-12/h3-4,11-12,16H,1-2,5-10H2. The van der Waals surface area contributed by atoms with Gasteiger partial charge in [0, 0.05) is 17.5 Å².